The van der Waals surface area contributed by atoms with Gasteiger partial charge in [-0.1, -0.05) is 24.3 Å². The molecule has 1 aromatic rings. The van der Waals surface area contributed by atoms with E-state index in [1.165, 1.54) is 30.4 Å². The van der Waals surface area contributed by atoms with E-state index >= 15 is 0 Å². The number of benzene rings is 1. The monoisotopic (exact) mass is 249 g/mol. The molecule has 0 bridgehead atoms. The maximum absolute atomic E-state index is 5.38. The van der Waals surface area contributed by atoms with Crippen LogP contribution in [0.5, 0.6) is 0 Å². The van der Waals surface area contributed by atoms with E-state index in [-0.39, 0.29) is 6.10 Å². The van der Waals surface area contributed by atoms with Crippen molar-refractivity contribution in [2.45, 2.75) is 31.4 Å². The van der Waals surface area contributed by atoms with Crippen LogP contribution >= 0.6 is 0 Å². The molecule has 0 amide bonds. The highest BCUT2D eigenvalue weighted by molar-refractivity contribution is 5.32. The molecule has 0 aromatic heterocycles. The average Bonchev–Trinajstić information content (AvgIpc) is 2.43. The van der Waals surface area contributed by atoms with Crippen molar-refractivity contribution < 1.29 is 9.47 Å². The summed E-state index contributed by atoms with van der Waals surface area (Å²) in [5, 5.41) is 3.61. The van der Waals surface area contributed by atoms with Crippen molar-refractivity contribution in [2.75, 3.05) is 27.4 Å². The molecule has 1 aliphatic rings. The van der Waals surface area contributed by atoms with Crippen LogP contribution in [0.2, 0.25) is 0 Å². The summed E-state index contributed by atoms with van der Waals surface area (Å²) in [4.78, 5) is 0. The van der Waals surface area contributed by atoms with Crippen LogP contribution in [-0.2, 0) is 15.9 Å². The maximum atomic E-state index is 5.38. The maximum Gasteiger partial charge on any atom is 0.0928 e. The van der Waals surface area contributed by atoms with Gasteiger partial charge in [-0.05, 0) is 30.4 Å². The van der Waals surface area contributed by atoms with Crippen LogP contribution in [-0.4, -0.2) is 33.5 Å². The second kappa shape index (κ2) is 6.88. The first-order valence-corrected chi connectivity index (χ1v) is 6.68. The Labute approximate surface area is 109 Å². The van der Waals surface area contributed by atoms with Crippen LogP contribution in [0.1, 0.15) is 30.0 Å². The number of nitrogens with one attached hydrogen (secondary N) is 1. The lowest BCUT2D eigenvalue weighted by Crippen LogP contribution is -2.35. The molecule has 0 fully saturated rings. The Kier molecular flexibility index (Phi) is 5.17. The van der Waals surface area contributed by atoms with Crippen LogP contribution in [0, 0.1) is 0 Å². The van der Waals surface area contributed by atoms with Gasteiger partial charge in [0.25, 0.3) is 0 Å². The predicted molar refractivity (Wildman–Crippen MR) is 72.8 cm³/mol. The largest absolute Gasteiger partial charge is 0.382 e. The van der Waals surface area contributed by atoms with Gasteiger partial charge in [0, 0.05) is 26.8 Å². The summed E-state index contributed by atoms with van der Waals surface area (Å²) in [5.41, 5.74) is 2.94. The highest BCUT2D eigenvalue weighted by atomic mass is 16.5. The number of hydrogen-bond acceptors (Lipinski definition) is 3. The fourth-order valence-corrected chi connectivity index (χ4v) is 2.64. The Hall–Kier alpha value is -0.900. The van der Waals surface area contributed by atoms with Crippen molar-refractivity contribution >= 4 is 0 Å². The summed E-state index contributed by atoms with van der Waals surface area (Å²) in [7, 11) is 3.45. The first kappa shape index (κ1) is 13.5. The van der Waals surface area contributed by atoms with Gasteiger partial charge in [0.15, 0.2) is 0 Å². The molecule has 1 aromatic carbocycles. The summed E-state index contributed by atoms with van der Waals surface area (Å²) in [6.07, 6.45) is 3.81. The summed E-state index contributed by atoms with van der Waals surface area (Å²) < 4.78 is 10.5. The Balaban J connectivity index is 1.94. The number of methoxy groups -OCH3 is 2. The number of aryl methyl sites for hydroxylation is 1. The molecule has 0 aliphatic heterocycles. The summed E-state index contributed by atoms with van der Waals surface area (Å²) in [6.45, 7) is 1.47. The second-order valence-electron chi connectivity index (χ2n) is 4.86. The molecule has 0 heterocycles. The van der Waals surface area contributed by atoms with Crippen LogP contribution in [0.4, 0.5) is 0 Å². The van der Waals surface area contributed by atoms with E-state index in [4.69, 9.17) is 9.47 Å². The first-order valence-electron chi connectivity index (χ1n) is 6.68. The van der Waals surface area contributed by atoms with Crippen LogP contribution < -0.4 is 5.32 Å². The van der Waals surface area contributed by atoms with E-state index in [2.05, 4.69) is 29.6 Å². The van der Waals surface area contributed by atoms with Crippen molar-refractivity contribution in [2.24, 2.45) is 0 Å². The third-order valence-electron chi connectivity index (χ3n) is 3.65. The summed E-state index contributed by atoms with van der Waals surface area (Å²) in [5.74, 6) is 0. The third kappa shape index (κ3) is 3.31. The molecule has 0 radical (unpaired) electrons. The zero-order valence-corrected chi connectivity index (χ0v) is 11.3. The van der Waals surface area contributed by atoms with E-state index < -0.39 is 0 Å². The number of fused-ring (bicyclic) bond motifs is 1. The number of hydrogen-bond donors (Lipinski definition) is 1. The molecule has 2 atom stereocenters. The van der Waals surface area contributed by atoms with Gasteiger partial charge < -0.3 is 14.8 Å². The topological polar surface area (TPSA) is 30.5 Å². The van der Waals surface area contributed by atoms with Gasteiger partial charge in [0.2, 0.25) is 0 Å². The van der Waals surface area contributed by atoms with Crippen LogP contribution in [0.3, 0.4) is 0 Å². The zero-order valence-electron chi connectivity index (χ0n) is 11.3. The fourth-order valence-electron chi connectivity index (χ4n) is 2.64. The van der Waals surface area contributed by atoms with E-state index in [0.717, 1.165) is 6.54 Å². The molecule has 3 nitrogen and oxygen atoms in total. The van der Waals surface area contributed by atoms with E-state index in [1.54, 1.807) is 14.2 Å². The molecule has 1 N–H and O–H groups in total. The highest BCUT2D eigenvalue weighted by Crippen LogP contribution is 2.29. The van der Waals surface area contributed by atoms with Crippen molar-refractivity contribution in [3.05, 3.63) is 35.4 Å². The normalized spacial score (nSPS) is 20.4. The standard InChI is InChI=1S/C15H23NO2/c1-17-11-13(18-2)10-16-15-9-5-7-12-6-3-4-8-14(12)15/h3-4,6,8,13,15-16H,5,7,9-11H2,1-2H3. The first-order chi connectivity index (χ1) is 8.85. The van der Waals surface area contributed by atoms with Crippen molar-refractivity contribution in [3.8, 4) is 0 Å². The Bertz CT molecular complexity index is 367. The third-order valence-corrected chi connectivity index (χ3v) is 3.65. The van der Waals surface area contributed by atoms with Gasteiger partial charge in [-0.15, -0.1) is 0 Å². The molecule has 100 valence electrons. The molecular formula is C15H23NO2. The minimum atomic E-state index is 0.129. The lowest BCUT2D eigenvalue weighted by atomic mass is 9.88. The van der Waals surface area contributed by atoms with Crippen LogP contribution in [0.25, 0.3) is 0 Å². The van der Waals surface area contributed by atoms with Crippen molar-refractivity contribution in [1.29, 1.82) is 0 Å². The number of rotatable bonds is 6. The lowest BCUT2D eigenvalue weighted by molar-refractivity contribution is 0.0270. The molecule has 0 saturated carbocycles. The molecule has 2 unspecified atom stereocenters. The zero-order chi connectivity index (χ0) is 12.8. The Morgan fingerprint density at radius 3 is 2.94 bits per heavy atom. The molecule has 18 heavy (non-hydrogen) atoms. The summed E-state index contributed by atoms with van der Waals surface area (Å²) >= 11 is 0. The van der Waals surface area contributed by atoms with E-state index in [1.807, 2.05) is 0 Å². The molecule has 0 saturated heterocycles. The fraction of sp³-hybridized carbons (Fsp3) is 0.600. The SMILES string of the molecule is COCC(CNC1CCCc2ccccc21)OC. The van der Waals surface area contributed by atoms with Gasteiger partial charge in [0.05, 0.1) is 12.7 Å². The number of ether oxygens (including phenoxy) is 2. The Morgan fingerprint density at radius 1 is 1.33 bits per heavy atom. The quantitative estimate of drug-likeness (QED) is 0.839. The minimum Gasteiger partial charge on any atom is -0.382 e. The molecular weight excluding hydrogens is 226 g/mol. The second-order valence-corrected chi connectivity index (χ2v) is 4.86. The minimum absolute atomic E-state index is 0.129. The van der Waals surface area contributed by atoms with Gasteiger partial charge in [-0.3, -0.25) is 0 Å². The lowest BCUT2D eigenvalue weighted by Gasteiger charge is -2.28. The predicted octanol–water partition coefficient (Wildman–Crippen LogP) is 2.32. The van der Waals surface area contributed by atoms with Crippen molar-refractivity contribution in [1.82, 2.24) is 5.32 Å². The molecule has 3 heteroatoms. The van der Waals surface area contributed by atoms with Gasteiger partial charge in [-0.25, -0.2) is 0 Å². The van der Waals surface area contributed by atoms with Gasteiger partial charge in [0.1, 0.15) is 0 Å². The molecule has 1 aliphatic carbocycles. The van der Waals surface area contributed by atoms with E-state index in [9.17, 15) is 0 Å². The van der Waals surface area contributed by atoms with Crippen molar-refractivity contribution in [3.63, 3.8) is 0 Å². The van der Waals surface area contributed by atoms with E-state index in [0.29, 0.717) is 12.6 Å². The summed E-state index contributed by atoms with van der Waals surface area (Å²) in [6, 6.07) is 9.20. The molecule has 2 rings (SSSR count). The van der Waals surface area contributed by atoms with Crippen LogP contribution in [0.15, 0.2) is 24.3 Å². The molecule has 0 spiro atoms. The van der Waals surface area contributed by atoms with Gasteiger partial charge in [-0.2, -0.15) is 0 Å². The smallest absolute Gasteiger partial charge is 0.0928 e. The highest BCUT2D eigenvalue weighted by Gasteiger charge is 2.20. The average molecular weight is 249 g/mol. The van der Waals surface area contributed by atoms with Gasteiger partial charge >= 0.3 is 0 Å². The Morgan fingerprint density at radius 2 is 2.17 bits per heavy atom.